The first-order valence-electron chi connectivity index (χ1n) is 6.09. The van der Waals surface area contributed by atoms with Gasteiger partial charge in [0, 0.05) is 22.6 Å². The Labute approximate surface area is 122 Å². The maximum Gasteiger partial charge on any atom is 0.159 e. The van der Waals surface area contributed by atoms with Crippen LogP contribution >= 0.6 is 23.2 Å². The predicted molar refractivity (Wildman–Crippen MR) is 73.4 cm³/mol. The molecule has 1 aliphatic heterocycles. The quantitative estimate of drug-likeness (QED) is 0.856. The van der Waals surface area contributed by atoms with E-state index in [2.05, 4.69) is 0 Å². The first-order valence-corrected chi connectivity index (χ1v) is 6.85. The van der Waals surface area contributed by atoms with Crippen LogP contribution in [-0.4, -0.2) is 19.0 Å². The van der Waals surface area contributed by atoms with E-state index in [0.717, 1.165) is 12.8 Å². The maximum absolute atomic E-state index is 12.4. The molecule has 3 nitrogen and oxygen atoms in total. The highest BCUT2D eigenvalue weighted by atomic mass is 35.5. The number of nitrogens with zero attached hydrogens (tertiary/aromatic N) is 1. The summed E-state index contributed by atoms with van der Waals surface area (Å²) in [5, 5.41) is 10.1. The predicted octanol–water partition coefficient (Wildman–Crippen LogP) is 3.60. The molecule has 2 rings (SSSR count). The van der Waals surface area contributed by atoms with Crippen molar-refractivity contribution in [2.24, 2.45) is 5.92 Å². The van der Waals surface area contributed by atoms with E-state index in [9.17, 15) is 10.1 Å². The van der Waals surface area contributed by atoms with E-state index in [0.29, 0.717) is 28.8 Å². The molecule has 19 heavy (non-hydrogen) atoms. The molecular formula is C14H13Cl2NO2. The lowest BCUT2D eigenvalue weighted by atomic mass is 9.85. The van der Waals surface area contributed by atoms with E-state index in [4.69, 9.17) is 27.9 Å². The summed E-state index contributed by atoms with van der Waals surface area (Å²) in [6.07, 6.45) is 1.62. The Bertz CT molecular complexity index is 519. The van der Waals surface area contributed by atoms with E-state index < -0.39 is 5.92 Å². The topological polar surface area (TPSA) is 50.1 Å². The van der Waals surface area contributed by atoms with Crippen LogP contribution in [0.1, 0.15) is 24.3 Å². The molecule has 0 radical (unpaired) electrons. The van der Waals surface area contributed by atoms with Crippen LogP contribution in [0.15, 0.2) is 18.2 Å². The Kier molecular flexibility index (Phi) is 4.81. The van der Waals surface area contributed by atoms with Crippen molar-refractivity contribution in [3.63, 3.8) is 0 Å². The summed E-state index contributed by atoms with van der Waals surface area (Å²) in [5.74, 6) is -1.19. The van der Waals surface area contributed by atoms with Crippen molar-refractivity contribution in [1.29, 1.82) is 5.26 Å². The van der Waals surface area contributed by atoms with Crippen molar-refractivity contribution < 1.29 is 9.53 Å². The summed E-state index contributed by atoms with van der Waals surface area (Å²) in [6.45, 7) is 1.07. The summed E-state index contributed by atoms with van der Waals surface area (Å²) in [7, 11) is 0. The molecule has 1 aliphatic rings. The standard InChI is InChI=1S/C14H13Cl2NO2/c15-10-3-4-11(13(16)6-10)12(7-17)14(18)9-2-1-5-19-8-9/h3-4,6,9,12H,1-2,5,8H2. The number of carbonyl (C=O) groups excluding carboxylic acids is 1. The van der Waals surface area contributed by atoms with Crippen molar-refractivity contribution in [1.82, 2.24) is 0 Å². The molecule has 0 aromatic heterocycles. The lowest BCUT2D eigenvalue weighted by Crippen LogP contribution is -2.29. The van der Waals surface area contributed by atoms with Gasteiger partial charge in [0.2, 0.25) is 0 Å². The number of ketones is 1. The molecule has 0 N–H and O–H groups in total. The molecule has 1 fully saturated rings. The number of ether oxygens (including phenoxy) is 1. The van der Waals surface area contributed by atoms with Gasteiger partial charge in [0.15, 0.2) is 5.78 Å². The zero-order chi connectivity index (χ0) is 13.8. The summed E-state index contributed by atoms with van der Waals surface area (Å²) in [6, 6.07) is 6.87. The lowest BCUT2D eigenvalue weighted by molar-refractivity contribution is -0.127. The number of carbonyl (C=O) groups is 1. The fourth-order valence-corrected chi connectivity index (χ4v) is 2.74. The number of hydrogen-bond donors (Lipinski definition) is 0. The highest BCUT2D eigenvalue weighted by Crippen LogP contribution is 2.31. The number of Topliss-reactive ketones (excluding diaryl/α,β-unsaturated/α-hetero) is 1. The molecule has 5 heteroatoms. The van der Waals surface area contributed by atoms with Crippen molar-refractivity contribution in [3.8, 4) is 6.07 Å². The van der Waals surface area contributed by atoms with Gasteiger partial charge in [0.25, 0.3) is 0 Å². The largest absolute Gasteiger partial charge is 0.381 e. The van der Waals surface area contributed by atoms with E-state index in [-0.39, 0.29) is 11.7 Å². The molecule has 2 unspecified atom stereocenters. The first kappa shape index (κ1) is 14.3. The zero-order valence-electron chi connectivity index (χ0n) is 10.2. The average Bonchev–Trinajstić information content (AvgIpc) is 2.42. The summed E-state index contributed by atoms with van der Waals surface area (Å²) in [5.41, 5.74) is 0.518. The van der Waals surface area contributed by atoms with Crippen LogP contribution in [0.3, 0.4) is 0 Å². The molecule has 0 saturated carbocycles. The molecule has 1 aromatic rings. The second-order valence-corrected chi connectivity index (χ2v) is 5.39. The Hall–Kier alpha value is -1.08. The van der Waals surface area contributed by atoms with E-state index in [1.807, 2.05) is 6.07 Å². The minimum atomic E-state index is -0.850. The van der Waals surface area contributed by atoms with Crippen LogP contribution in [0.5, 0.6) is 0 Å². The van der Waals surface area contributed by atoms with Crippen LogP contribution in [-0.2, 0) is 9.53 Å². The van der Waals surface area contributed by atoms with E-state index in [1.54, 1.807) is 18.2 Å². The van der Waals surface area contributed by atoms with Gasteiger partial charge in [0.1, 0.15) is 5.92 Å². The minimum Gasteiger partial charge on any atom is -0.381 e. The number of hydrogen-bond acceptors (Lipinski definition) is 3. The van der Waals surface area contributed by atoms with Gasteiger partial charge in [0.05, 0.1) is 12.7 Å². The maximum atomic E-state index is 12.4. The molecular weight excluding hydrogens is 285 g/mol. The number of rotatable bonds is 3. The molecule has 1 saturated heterocycles. The Balaban J connectivity index is 2.24. The van der Waals surface area contributed by atoms with Crippen LogP contribution in [0.2, 0.25) is 10.0 Å². The van der Waals surface area contributed by atoms with Gasteiger partial charge in [-0.2, -0.15) is 5.26 Å². The van der Waals surface area contributed by atoms with Gasteiger partial charge >= 0.3 is 0 Å². The normalized spacial score (nSPS) is 20.6. The smallest absolute Gasteiger partial charge is 0.159 e. The van der Waals surface area contributed by atoms with Gasteiger partial charge in [-0.25, -0.2) is 0 Å². The third kappa shape index (κ3) is 3.27. The van der Waals surface area contributed by atoms with Crippen molar-refractivity contribution in [2.45, 2.75) is 18.8 Å². The number of halogens is 2. The summed E-state index contributed by atoms with van der Waals surface area (Å²) in [4.78, 5) is 12.4. The van der Waals surface area contributed by atoms with Crippen molar-refractivity contribution in [3.05, 3.63) is 33.8 Å². The lowest BCUT2D eigenvalue weighted by Gasteiger charge is -2.23. The van der Waals surface area contributed by atoms with Crippen LogP contribution < -0.4 is 0 Å². The Morgan fingerprint density at radius 2 is 2.26 bits per heavy atom. The Morgan fingerprint density at radius 1 is 1.47 bits per heavy atom. The summed E-state index contributed by atoms with van der Waals surface area (Å²) < 4.78 is 5.30. The molecule has 0 amide bonds. The van der Waals surface area contributed by atoms with Gasteiger partial charge in [-0.05, 0) is 30.5 Å². The molecule has 0 aliphatic carbocycles. The van der Waals surface area contributed by atoms with Crippen molar-refractivity contribution in [2.75, 3.05) is 13.2 Å². The third-order valence-electron chi connectivity index (χ3n) is 3.25. The second-order valence-electron chi connectivity index (χ2n) is 4.54. The molecule has 0 spiro atoms. The van der Waals surface area contributed by atoms with Gasteiger partial charge in [-0.3, -0.25) is 4.79 Å². The molecule has 1 heterocycles. The fraction of sp³-hybridized carbons (Fsp3) is 0.429. The van der Waals surface area contributed by atoms with Gasteiger partial charge in [-0.1, -0.05) is 29.3 Å². The SMILES string of the molecule is N#CC(C(=O)C1CCCOC1)c1ccc(Cl)cc1Cl. The highest BCUT2D eigenvalue weighted by molar-refractivity contribution is 6.35. The molecule has 100 valence electrons. The summed E-state index contributed by atoms with van der Waals surface area (Å²) >= 11 is 11.9. The minimum absolute atomic E-state index is 0.119. The highest BCUT2D eigenvalue weighted by Gasteiger charge is 2.31. The van der Waals surface area contributed by atoms with E-state index >= 15 is 0 Å². The van der Waals surface area contributed by atoms with Crippen LogP contribution in [0.25, 0.3) is 0 Å². The van der Waals surface area contributed by atoms with Crippen LogP contribution in [0.4, 0.5) is 0 Å². The number of nitriles is 1. The third-order valence-corrected chi connectivity index (χ3v) is 3.81. The Morgan fingerprint density at radius 3 is 2.84 bits per heavy atom. The van der Waals surface area contributed by atoms with E-state index in [1.165, 1.54) is 0 Å². The van der Waals surface area contributed by atoms with Crippen LogP contribution in [0, 0.1) is 17.2 Å². The van der Waals surface area contributed by atoms with Gasteiger partial charge < -0.3 is 4.74 Å². The number of benzene rings is 1. The fourth-order valence-electron chi connectivity index (χ4n) is 2.22. The van der Waals surface area contributed by atoms with Crippen molar-refractivity contribution >= 4 is 29.0 Å². The molecule has 1 aromatic carbocycles. The first-order chi connectivity index (χ1) is 9.13. The van der Waals surface area contributed by atoms with Gasteiger partial charge in [-0.15, -0.1) is 0 Å². The zero-order valence-corrected chi connectivity index (χ0v) is 11.7. The average molecular weight is 298 g/mol. The second kappa shape index (κ2) is 6.38. The molecule has 0 bridgehead atoms. The monoisotopic (exact) mass is 297 g/mol. The molecule has 2 atom stereocenters.